The molecule has 2 aromatic heterocycles. The van der Waals surface area contributed by atoms with Crippen molar-refractivity contribution in [3.8, 4) is 0 Å². The molecule has 0 spiro atoms. The molecule has 0 fully saturated rings. The van der Waals surface area contributed by atoms with E-state index < -0.39 is 5.82 Å². The van der Waals surface area contributed by atoms with Crippen molar-refractivity contribution in [1.82, 2.24) is 15.0 Å². The van der Waals surface area contributed by atoms with Crippen LogP contribution < -0.4 is 5.32 Å². The minimum atomic E-state index is -0.514. The van der Waals surface area contributed by atoms with Crippen molar-refractivity contribution < 1.29 is 18.7 Å². The summed E-state index contributed by atoms with van der Waals surface area (Å²) in [5.74, 6) is 0.471. The number of carbonyl (C=O) groups excluding carboxylic acids is 1. The minimum Gasteiger partial charge on any atom is -0.356 e. The number of rotatable bonds is 8. The Morgan fingerprint density at radius 2 is 1.91 bits per heavy atom. The molecule has 4 aromatic rings. The van der Waals surface area contributed by atoms with E-state index in [0.717, 1.165) is 10.8 Å². The third-order valence-electron chi connectivity index (χ3n) is 5.30. The number of nitrogens with one attached hydrogen (secondary N) is 1. The summed E-state index contributed by atoms with van der Waals surface area (Å²) in [4.78, 5) is 25.9. The zero-order chi connectivity index (χ0) is 23.5. The van der Waals surface area contributed by atoms with Crippen molar-refractivity contribution >= 4 is 50.7 Å². The van der Waals surface area contributed by atoms with E-state index in [0.29, 0.717) is 46.8 Å². The monoisotopic (exact) mass is 468 g/mol. The van der Waals surface area contributed by atoms with Crippen molar-refractivity contribution in [3.63, 3.8) is 0 Å². The Bertz CT molecular complexity index is 1340. The van der Waals surface area contributed by atoms with Crippen LogP contribution in [0.4, 0.5) is 15.9 Å². The second-order valence-electron chi connectivity index (χ2n) is 7.49. The van der Waals surface area contributed by atoms with Crippen LogP contribution in [-0.2, 0) is 15.9 Å². The standard InChI is InChI=1S/C24H22ClFN4O3/c1-13(31)14-4-6-16-17-12-27-21(8-9-22(32-2)33-3)30-23(17)24(29-20(16)10-14)28-15-5-7-19(26)18(25)11-15/h4-7,10-12,22H,8-9H2,1-3H3,(H,28,29). The second kappa shape index (κ2) is 9.74. The van der Waals surface area contributed by atoms with Gasteiger partial charge < -0.3 is 14.8 Å². The Balaban J connectivity index is 1.84. The highest BCUT2D eigenvalue weighted by Gasteiger charge is 2.15. The molecule has 0 bridgehead atoms. The van der Waals surface area contributed by atoms with Gasteiger partial charge in [0.1, 0.15) is 17.2 Å². The van der Waals surface area contributed by atoms with Gasteiger partial charge in [-0.25, -0.2) is 19.3 Å². The van der Waals surface area contributed by atoms with E-state index in [1.807, 2.05) is 6.07 Å². The lowest BCUT2D eigenvalue weighted by atomic mass is 10.1. The van der Waals surface area contributed by atoms with Crippen LogP contribution in [0.25, 0.3) is 21.8 Å². The van der Waals surface area contributed by atoms with Gasteiger partial charge in [0, 0.05) is 55.3 Å². The fraction of sp³-hybridized carbons (Fsp3) is 0.250. The van der Waals surface area contributed by atoms with Gasteiger partial charge in [-0.3, -0.25) is 4.79 Å². The number of hydrogen-bond acceptors (Lipinski definition) is 7. The fourth-order valence-electron chi connectivity index (χ4n) is 3.54. The highest BCUT2D eigenvalue weighted by atomic mass is 35.5. The number of ether oxygens (including phenoxy) is 2. The van der Waals surface area contributed by atoms with Gasteiger partial charge in [-0.2, -0.15) is 0 Å². The van der Waals surface area contributed by atoms with Gasteiger partial charge in [-0.1, -0.05) is 23.7 Å². The summed E-state index contributed by atoms with van der Waals surface area (Å²) in [6.07, 6.45) is 2.50. The number of hydrogen-bond donors (Lipinski definition) is 1. The molecule has 33 heavy (non-hydrogen) atoms. The van der Waals surface area contributed by atoms with Gasteiger partial charge in [0.05, 0.1) is 10.5 Å². The molecule has 0 aliphatic rings. The molecule has 2 aromatic carbocycles. The van der Waals surface area contributed by atoms with Gasteiger partial charge in [0.2, 0.25) is 0 Å². The van der Waals surface area contributed by atoms with Gasteiger partial charge >= 0.3 is 0 Å². The molecule has 4 rings (SSSR count). The molecule has 7 nitrogen and oxygen atoms in total. The first-order chi connectivity index (χ1) is 15.9. The quantitative estimate of drug-likeness (QED) is 0.208. The Kier molecular flexibility index (Phi) is 6.78. The molecule has 0 aliphatic carbocycles. The van der Waals surface area contributed by atoms with E-state index in [9.17, 15) is 9.18 Å². The molecule has 1 N–H and O–H groups in total. The number of nitrogens with zero attached hydrogens (tertiary/aromatic N) is 3. The number of benzene rings is 2. The topological polar surface area (TPSA) is 86.2 Å². The number of carbonyl (C=O) groups is 1. The zero-order valence-electron chi connectivity index (χ0n) is 18.4. The van der Waals surface area contributed by atoms with Gasteiger partial charge in [0.25, 0.3) is 0 Å². The number of anilines is 2. The maximum atomic E-state index is 13.6. The molecule has 2 heterocycles. The SMILES string of the molecule is COC(CCc1ncc2c(n1)c(Nc1ccc(F)c(Cl)c1)nc1cc(C(C)=O)ccc12)OC. The fourth-order valence-corrected chi connectivity index (χ4v) is 3.72. The third kappa shape index (κ3) is 4.93. The van der Waals surface area contributed by atoms with Gasteiger partial charge in [-0.05, 0) is 31.2 Å². The number of pyridine rings is 1. The van der Waals surface area contributed by atoms with Crippen LogP contribution in [0.15, 0.2) is 42.6 Å². The van der Waals surface area contributed by atoms with E-state index in [4.69, 9.17) is 31.0 Å². The zero-order valence-corrected chi connectivity index (χ0v) is 19.1. The van der Waals surface area contributed by atoms with E-state index in [1.165, 1.54) is 19.1 Å². The van der Waals surface area contributed by atoms with E-state index in [1.54, 1.807) is 38.6 Å². The maximum Gasteiger partial charge on any atom is 0.159 e. The molecular weight excluding hydrogens is 447 g/mol. The number of Topliss-reactive ketones (excluding diaryl/α,β-unsaturated/α-hetero) is 1. The molecule has 0 amide bonds. The summed E-state index contributed by atoms with van der Waals surface area (Å²) in [6.45, 7) is 1.50. The maximum absolute atomic E-state index is 13.6. The average Bonchev–Trinajstić information content (AvgIpc) is 2.81. The molecule has 170 valence electrons. The van der Waals surface area contributed by atoms with Crippen molar-refractivity contribution in [1.29, 1.82) is 0 Å². The first-order valence-corrected chi connectivity index (χ1v) is 10.7. The first-order valence-electron chi connectivity index (χ1n) is 10.3. The second-order valence-corrected chi connectivity index (χ2v) is 7.90. The van der Waals surface area contributed by atoms with Crippen LogP contribution in [-0.4, -0.2) is 41.2 Å². The lowest BCUT2D eigenvalue weighted by molar-refractivity contribution is -0.106. The van der Waals surface area contributed by atoms with E-state index in [-0.39, 0.29) is 17.1 Å². The summed E-state index contributed by atoms with van der Waals surface area (Å²) in [6, 6.07) is 9.65. The summed E-state index contributed by atoms with van der Waals surface area (Å²) < 4.78 is 24.1. The normalized spacial score (nSPS) is 11.5. The summed E-state index contributed by atoms with van der Waals surface area (Å²) >= 11 is 5.95. The van der Waals surface area contributed by atoms with Crippen LogP contribution in [0.1, 0.15) is 29.5 Å². The van der Waals surface area contributed by atoms with Gasteiger partial charge in [-0.15, -0.1) is 0 Å². The Hall–Kier alpha value is -3.20. The lowest BCUT2D eigenvalue weighted by Crippen LogP contribution is -2.14. The molecule has 0 atom stereocenters. The predicted octanol–water partition coefficient (Wildman–Crippen LogP) is 5.47. The summed E-state index contributed by atoms with van der Waals surface area (Å²) in [5, 5.41) is 4.76. The lowest BCUT2D eigenvalue weighted by Gasteiger charge is -2.14. The largest absolute Gasteiger partial charge is 0.356 e. The van der Waals surface area contributed by atoms with Crippen LogP contribution in [0, 0.1) is 5.82 Å². The van der Waals surface area contributed by atoms with Crippen molar-refractivity contribution in [2.24, 2.45) is 0 Å². The third-order valence-corrected chi connectivity index (χ3v) is 5.59. The molecule has 0 saturated heterocycles. The van der Waals surface area contributed by atoms with E-state index in [2.05, 4.69) is 10.3 Å². The number of halogens is 2. The smallest absolute Gasteiger partial charge is 0.159 e. The average molecular weight is 469 g/mol. The molecular formula is C24H22ClFN4O3. The number of aromatic nitrogens is 3. The van der Waals surface area contributed by atoms with Crippen LogP contribution in [0.5, 0.6) is 0 Å². The molecule has 0 radical (unpaired) electrons. The van der Waals surface area contributed by atoms with Crippen LogP contribution in [0.2, 0.25) is 5.02 Å². The first kappa shape index (κ1) is 23.0. The predicted molar refractivity (Wildman–Crippen MR) is 126 cm³/mol. The van der Waals surface area contributed by atoms with Crippen molar-refractivity contribution in [3.05, 3.63) is 64.8 Å². The summed E-state index contributed by atoms with van der Waals surface area (Å²) in [7, 11) is 3.16. The van der Waals surface area contributed by atoms with E-state index >= 15 is 0 Å². The number of fused-ring (bicyclic) bond motifs is 3. The van der Waals surface area contributed by atoms with Crippen molar-refractivity contribution in [2.45, 2.75) is 26.1 Å². The number of methoxy groups -OCH3 is 2. The molecule has 0 aliphatic heterocycles. The molecule has 0 saturated carbocycles. The van der Waals surface area contributed by atoms with Crippen LogP contribution >= 0.6 is 11.6 Å². The Morgan fingerprint density at radius 1 is 1.12 bits per heavy atom. The Morgan fingerprint density at radius 3 is 2.61 bits per heavy atom. The number of aryl methyl sites for hydroxylation is 1. The summed E-state index contributed by atoms with van der Waals surface area (Å²) in [5.41, 5.74) is 2.31. The minimum absolute atomic E-state index is 0.00977. The van der Waals surface area contributed by atoms with Crippen molar-refractivity contribution in [2.75, 3.05) is 19.5 Å². The van der Waals surface area contributed by atoms with Gasteiger partial charge in [0.15, 0.2) is 17.9 Å². The highest BCUT2D eigenvalue weighted by molar-refractivity contribution is 6.31. The number of ketones is 1. The Labute approximate surface area is 194 Å². The highest BCUT2D eigenvalue weighted by Crippen LogP contribution is 2.31. The molecule has 9 heteroatoms. The van der Waals surface area contributed by atoms with Crippen LogP contribution in [0.3, 0.4) is 0 Å². The molecule has 0 unspecified atom stereocenters.